The van der Waals surface area contributed by atoms with E-state index in [0.29, 0.717) is 6.42 Å². The molecule has 0 aliphatic heterocycles. The van der Waals surface area contributed by atoms with Crippen molar-refractivity contribution in [1.29, 1.82) is 0 Å². The Bertz CT molecular complexity index is 880. The Labute approximate surface area is 160 Å². The largest absolute Gasteiger partial charge is 0.497 e. The predicted octanol–water partition coefficient (Wildman–Crippen LogP) is 5.58. The van der Waals surface area contributed by atoms with Crippen molar-refractivity contribution in [3.63, 3.8) is 0 Å². The lowest BCUT2D eigenvalue weighted by Crippen LogP contribution is -2.00. The van der Waals surface area contributed by atoms with E-state index in [1.54, 1.807) is 14.2 Å². The molecule has 0 aliphatic rings. The summed E-state index contributed by atoms with van der Waals surface area (Å²) >= 11 is 0. The lowest BCUT2D eigenvalue weighted by atomic mass is 9.98. The van der Waals surface area contributed by atoms with Gasteiger partial charge < -0.3 is 9.47 Å². The summed E-state index contributed by atoms with van der Waals surface area (Å²) in [6.45, 7) is 0. The van der Waals surface area contributed by atoms with Gasteiger partial charge in [-0.25, -0.2) is 0 Å². The number of rotatable bonds is 8. The number of hydrogen-bond acceptors (Lipinski definition) is 3. The summed E-state index contributed by atoms with van der Waals surface area (Å²) in [5.74, 6) is 1.86. The van der Waals surface area contributed by atoms with Gasteiger partial charge in [0.15, 0.2) is 5.78 Å². The number of Topliss-reactive ketones (excluding diaryl/α,β-unsaturated/α-hetero) is 1. The van der Waals surface area contributed by atoms with E-state index in [0.717, 1.165) is 41.0 Å². The molecule has 0 bridgehead atoms. The maximum Gasteiger partial charge on any atom is 0.162 e. The summed E-state index contributed by atoms with van der Waals surface area (Å²) in [7, 11) is 3.31. The first-order valence-electron chi connectivity index (χ1n) is 9.10. The van der Waals surface area contributed by atoms with E-state index in [1.807, 2.05) is 72.8 Å². The average Bonchev–Trinajstić information content (AvgIpc) is 2.74. The first-order chi connectivity index (χ1) is 13.2. The van der Waals surface area contributed by atoms with E-state index in [1.165, 1.54) is 5.56 Å². The van der Waals surface area contributed by atoms with Crippen LogP contribution in [0, 0.1) is 0 Å². The molecule has 0 aliphatic carbocycles. The van der Waals surface area contributed by atoms with Crippen LogP contribution in [0.15, 0.2) is 72.8 Å². The number of ketones is 1. The van der Waals surface area contributed by atoms with Crippen molar-refractivity contribution >= 4 is 5.78 Å². The van der Waals surface area contributed by atoms with Gasteiger partial charge in [0.2, 0.25) is 0 Å². The highest BCUT2D eigenvalue weighted by atomic mass is 16.5. The lowest BCUT2D eigenvalue weighted by Gasteiger charge is -2.07. The van der Waals surface area contributed by atoms with E-state index in [2.05, 4.69) is 0 Å². The molecule has 0 atom stereocenters. The van der Waals surface area contributed by atoms with Crippen molar-refractivity contribution < 1.29 is 14.3 Å². The molecule has 3 nitrogen and oxygen atoms in total. The smallest absolute Gasteiger partial charge is 0.162 e. The molecule has 3 rings (SSSR count). The van der Waals surface area contributed by atoms with Crippen LogP contribution in [-0.2, 0) is 6.42 Å². The fourth-order valence-electron chi connectivity index (χ4n) is 3.05. The van der Waals surface area contributed by atoms with Crippen molar-refractivity contribution in [2.75, 3.05) is 14.2 Å². The molecule has 0 unspecified atom stereocenters. The van der Waals surface area contributed by atoms with E-state index < -0.39 is 0 Å². The van der Waals surface area contributed by atoms with Crippen molar-refractivity contribution in [2.24, 2.45) is 0 Å². The molecular weight excluding hydrogens is 336 g/mol. The van der Waals surface area contributed by atoms with Crippen LogP contribution in [0.2, 0.25) is 0 Å². The Hall–Kier alpha value is -3.07. The van der Waals surface area contributed by atoms with Gasteiger partial charge >= 0.3 is 0 Å². The monoisotopic (exact) mass is 360 g/mol. The second kappa shape index (κ2) is 9.04. The quantitative estimate of drug-likeness (QED) is 0.492. The van der Waals surface area contributed by atoms with Gasteiger partial charge in [-0.2, -0.15) is 0 Å². The number of aryl methyl sites for hydroxylation is 1. The summed E-state index contributed by atoms with van der Waals surface area (Å²) in [6, 6.07) is 23.7. The van der Waals surface area contributed by atoms with Gasteiger partial charge in [-0.1, -0.05) is 42.5 Å². The van der Waals surface area contributed by atoms with Crippen LogP contribution in [0.5, 0.6) is 11.5 Å². The van der Waals surface area contributed by atoms with Crippen LogP contribution < -0.4 is 9.47 Å². The summed E-state index contributed by atoms with van der Waals surface area (Å²) < 4.78 is 10.4. The van der Waals surface area contributed by atoms with Crippen molar-refractivity contribution in [2.45, 2.75) is 19.3 Å². The van der Waals surface area contributed by atoms with Gasteiger partial charge in [0.05, 0.1) is 14.2 Å². The maximum absolute atomic E-state index is 12.6. The zero-order valence-electron chi connectivity index (χ0n) is 15.8. The molecule has 138 valence electrons. The molecule has 0 saturated heterocycles. The van der Waals surface area contributed by atoms with Gasteiger partial charge in [-0.15, -0.1) is 0 Å². The summed E-state index contributed by atoms with van der Waals surface area (Å²) in [4.78, 5) is 12.6. The highest BCUT2D eigenvalue weighted by molar-refractivity contribution is 5.97. The molecule has 0 N–H and O–H groups in total. The van der Waals surface area contributed by atoms with E-state index >= 15 is 0 Å². The predicted molar refractivity (Wildman–Crippen MR) is 109 cm³/mol. The highest BCUT2D eigenvalue weighted by Crippen LogP contribution is 2.24. The standard InChI is InChI=1S/C24H24O3/c1-26-22-13-9-18(10-14-22)5-3-8-24(25)21-7-4-6-20(17-21)19-11-15-23(27-2)16-12-19/h4,6-7,9-17H,3,5,8H2,1-2H3. The average molecular weight is 360 g/mol. The minimum Gasteiger partial charge on any atom is -0.497 e. The minimum atomic E-state index is 0.180. The summed E-state index contributed by atoms with van der Waals surface area (Å²) in [6.07, 6.45) is 2.25. The molecular formula is C24H24O3. The Kier molecular flexibility index (Phi) is 6.26. The van der Waals surface area contributed by atoms with Gasteiger partial charge in [0.1, 0.15) is 11.5 Å². The number of carbonyl (C=O) groups excluding carboxylic acids is 1. The topological polar surface area (TPSA) is 35.5 Å². The molecule has 0 radical (unpaired) electrons. The van der Waals surface area contributed by atoms with E-state index in [4.69, 9.17) is 9.47 Å². The molecule has 3 aromatic carbocycles. The second-order valence-electron chi connectivity index (χ2n) is 6.43. The zero-order chi connectivity index (χ0) is 19.1. The van der Waals surface area contributed by atoms with Crippen LogP contribution in [0.4, 0.5) is 0 Å². The third kappa shape index (κ3) is 4.98. The van der Waals surface area contributed by atoms with Crippen LogP contribution in [0.1, 0.15) is 28.8 Å². The molecule has 0 heterocycles. The van der Waals surface area contributed by atoms with Crippen LogP contribution in [-0.4, -0.2) is 20.0 Å². The van der Waals surface area contributed by atoms with Crippen molar-refractivity contribution in [3.05, 3.63) is 83.9 Å². The molecule has 0 fully saturated rings. The SMILES string of the molecule is COc1ccc(CCCC(=O)c2cccc(-c3ccc(OC)cc3)c2)cc1. The maximum atomic E-state index is 12.6. The molecule has 0 spiro atoms. The first-order valence-corrected chi connectivity index (χ1v) is 9.10. The van der Waals surface area contributed by atoms with E-state index in [-0.39, 0.29) is 5.78 Å². The minimum absolute atomic E-state index is 0.180. The third-order valence-electron chi connectivity index (χ3n) is 4.64. The van der Waals surface area contributed by atoms with Gasteiger partial charge in [-0.3, -0.25) is 4.79 Å². The van der Waals surface area contributed by atoms with Crippen LogP contribution in [0.25, 0.3) is 11.1 Å². The molecule has 3 heteroatoms. The van der Waals surface area contributed by atoms with Crippen LogP contribution >= 0.6 is 0 Å². The van der Waals surface area contributed by atoms with Crippen LogP contribution in [0.3, 0.4) is 0 Å². The second-order valence-corrected chi connectivity index (χ2v) is 6.43. The molecule has 0 aromatic heterocycles. The van der Waals surface area contributed by atoms with Gasteiger partial charge in [0, 0.05) is 12.0 Å². The Morgan fingerprint density at radius 1 is 0.778 bits per heavy atom. The fraction of sp³-hybridized carbons (Fsp3) is 0.208. The number of methoxy groups -OCH3 is 2. The molecule has 0 saturated carbocycles. The van der Waals surface area contributed by atoms with Crippen molar-refractivity contribution in [1.82, 2.24) is 0 Å². The third-order valence-corrected chi connectivity index (χ3v) is 4.64. The van der Waals surface area contributed by atoms with Gasteiger partial charge in [-0.05, 0) is 59.9 Å². The van der Waals surface area contributed by atoms with Gasteiger partial charge in [0.25, 0.3) is 0 Å². The fourth-order valence-corrected chi connectivity index (χ4v) is 3.05. The number of carbonyl (C=O) groups is 1. The lowest BCUT2D eigenvalue weighted by molar-refractivity contribution is 0.0980. The normalized spacial score (nSPS) is 10.4. The van der Waals surface area contributed by atoms with Crippen molar-refractivity contribution in [3.8, 4) is 22.6 Å². The Morgan fingerprint density at radius 2 is 1.41 bits per heavy atom. The summed E-state index contributed by atoms with van der Waals surface area (Å²) in [5, 5.41) is 0. The Morgan fingerprint density at radius 3 is 2.04 bits per heavy atom. The van der Waals surface area contributed by atoms with E-state index in [9.17, 15) is 4.79 Å². The summed E-state index contributed by atoms with van der Waals surface area (Å²) in [5.41, 5.74) is 4.09. The number of hydrogen-bond donors (Lipinski definition) is 0. The Balaban J connectivity index is 1.60. The highest BCUT2D eigenvalue weighted by Gasteiger charge is 2.08. The number of ether oxygens (including phenoxy) is 2. The molecule has 0 amide bonds. The molecule has 3 aromatic rings. The number of benzene rings is 3. The molecule has 27 heavy (non-hydrogen) atoms. The first kappa shape index (κ1) is 18.7. The zero-order valence-corrected chi connectivity index (χ0v) is 15.8.